The Morgan fingerprint density at radius 1 is 0.868 bits per heavy atom. The molecule has 2 aliphatic heterocycles. The summed E-state index contributed by atoms with van der Waals surface area (Å²) in [4.78, 5) is 26.3. The Hall–Kier alpha value is -6.11. The van der Waals surface area contributed by atoms with Crippen molar-refractivity contribution in [1.29, 1.82) is 5.26 Å². The molecule has 5 aromatic rings. The number of nitrogens with one attached hydrogen (secondary N) is 2. The molecule has 2 aliphatic rings. The molecule has 3 unspecified atom stereocenters. The second-order valence-corrected chi connectivity index (χ2v) is 13.6. The predicted octanol–water partition coefficient (Wildman–Crippen LogP) is 6.85. The number of hydrogen-bond acceptors (Lipinski definition) is 8. The molecule has 7 rings (SSSR count). The average Bonchev–Trinajstić information content (AvgIpc) is 3.20. The molecule has 0 fully saturated rings. The molecule has 9 heteroatoms. The van der Waals surface area contributed by atoms with Gasteiger partial charge in [0, 0.05) is 13.0 Å². The Bertz CT molecular complexity index is 2160. The normalized spacial score (nSPS) is 16.4. The van der Waals surface area contributed by atoms with Gasteiger partial charge in [-0.2, -0.15) is 5.26 Å². The quantitative estimate of drug-likeness (QED) is 0.152. The second kappa shape index (κ2) is 15.6. The van der Waals surface area contributed by atoms with E-state index in [-0.39, 0.29) is 18.4 Å². The van der Waals surface area contributed by atoms with Crippen LogP contribution in [0.5, 0.6) is 17.2 Å². The third kappa shape index (κ3) is 8.19. The summed E-state index contributed by atoms with van der Waals surface area (Å²) in [6.45, 7) is 5.52. The van der Waals surface area contributed by atoms with Crippen LogP contribution < -0.4 is 24.8 Å². The number of rotatable bonds is 10. The molecular weight excluding hydrogens is 666 g/mol. The van der Waals surface area contributed by atoms with E-state index in [9.17, 15) is 9.59 Å². The maximum atomic E-state index is 13.5. The van der Waals surface area contributed by atoms with Crippen LogP contribution in [0.1, 0.15) is 50.6 Å². The van der Waals surface area contributed by atoms with E-state index < -0.39 is 18.1 Å². The predicted molar refractivity (Wildman–Crippen MR) is 201 cm³/mol. The summed E-state index contributed by atoms with van der Waals surface area (Å²) in [5, 5.41) is 15.3. The Labute approximate surface area is 309 Å². The molecule has 268 valence electrons. The molecule has 0 saturated carbocycles. The van der Waals surface area contributed by atoms with Crippen LogP contribution in [-0.2, 0) is 40.3 Å². The molecule has 5 aromatic carbocycles. The monoisotopic (exact) mass is 707 g/mol. The van der Waals surface area contributed by atoms with Crippen molar-refractivity contribution < 1.29 is 28.5 Å². The molecule has 0 aromatic heterocycles. The van der Waals surface area contributed by atoms with Crippen molar-refractivity contribution in [2.24, 2.45) is 0 Å². The van der Waals surface area contributed by atoms with Crippen molar-refractivity contribution in [3.05, 3.63) is 148 Å². The highest BCUT2D eigenvalue weighted by atomic mass is 16.6. The van der Waals surface area contributed by atoms with Crippen molar-refractivity contribution >= 4 is 11.9 Å². The number of carbonyl (C=O) groups is 2. The number of amides is 1. The standard InChI is InChI=1S/C44H41N3O6/c1-27-4-5-31(18-28(27)2)25-51-37-16-14-34(15-17-37)42-26-52-40-21-35-20-38(46-24-36(35)22-41(40)53-42)43(48)47-39(44(49)50-3)19-29-6-10-32(11-7-29)33-12-8-30(23-45)9-13-33/h4-18,21-22,38-39,42,46H,19-20,24-26H2,1-3H3,(H,47,48). The molecule has 0 radical (unpaired) electrons. The van der Waals surface area contributed by atoms with Gasteiger partial charge in [0.15, 0.2) is 17.6 Å². The summed E-state index contributed by atoms with van der Waals surface area (Å²) >= 11 is 0. The minimum atomic E-state index is -0.855. The van der Waals surface area contributed by atoms with Gasteiger partial charge in [0.1, 0.15) is 25.0 Å². The molecule has 1 amide bonds. The number of benzene rings is 5. The highest BCUT2D eigenvalue weighted by Crippen LogP contribution is 2.40. The van der Waals surface area contributed by atoms with Gasteiger partial charge in [-0.25, -0.2) is 4.79 Å². The summed E-state index contributed by atoms with van der Waals surface area (Å²) in [6, 6.07) is 34.1. The van der Waals surface area contributed by atoms with Crippen LogP contribution in [0.4, 0.5) is 0 Å². The van der Waals surface area contributed by atoms with Crippen LogP contribution in [0.15, 0.2) is 103 Å². The molecule has 0 aliphatic carbocycles. The van der Waals surface area contributed by atoms with E-state index in [1.165, 1.54) is 18.2 Å². The summed E-state index contributed by atoms with van der Waals surface area (Å²) < 4.78 is 23.7. The molecule has 9 nitrogen and oxygen atoms in total. The Kier molecular flexibility index (Phi) is 10.4. The van der Waals surface area contributed by atoms with Gasteiger partial charge in [-0.3, -0.25) is 4.79 Å². The van der Waals surface area contributed by atoms with Gasteiger partial charge >= 0.3 is 5.97 Å². The molecule has 0 bridgehead atoms. The number of methoxy groups -OCH3 is 1. The molecule has 3 atom stereocenters. The molecule has 53 heavy (non-hydrogen) atoms. The fraction of sp³-hybridized carbons (Fsp3) is 0.250. The third-order valence-corrected chi connectivity index (χ3v) is 9.98. The molecular formula is C44H41N3O6. The highest BCUT2D eigenvalue weighted by molar-refractivity contribution is 5.88. The lowest BCUT2D eigenvalue weighted by Crippen LogP contribution is -2.53. The highest BCUT2D eigenvalue weighted by Gasteiger charge is 2.31. The van der Waals surface area contributed by atoms with E-state index in [2.05, 4.69) is 48.7 Å². The van der Waals surface area contributed by atoms with Crippen molar-refractivity contribution in [2.75, 3.05) is 13.7 Å². The first kappa shape index (κ1) is 35.3. The smallest absolute Gasteiger partial charge is 0.328 e. The van der Waals surface area contributed by atoms with E-state index in [0.717, 1.165) is 44.7 Å². The SMILES string of the molecule is COC(=O)C(Cc1ccc(-c2ccc(C#N)cc2)cc1)NC(=O)C1Cc2cc3c(cc2CN1)OC(c1ccc(OCc2ccc(C)c(C)c2)cc1)CO3. The molecule has 2 heterocycles. The van der Waals surface area contributed by atoms with Crippen molar-refractivity contribution in [3.63, 3.8) is 0 Å². The number of hydrogen-bond donors (Lipinski definition) is 2. The summed E-state index contributed by atoms with van der Waals surface area (Å²) in [5.41, 5.74) is 10.1. The summed E-state index contributed by atoms with van der Waals surface area (Å²) in [6.07, 6.45) is 0.433. The van der Waals surface area contributed by atoms with E-state index in [0.29, 0.717) is 43.2 Å². The molecule has 2 N–H and O–H groups in total. The molecule has 0 saturated heterocycles. The van der Waals surface area contributed by atoms with Crippen LogP contribution in [0, 0.1) is 25.2 Å². The first-order valence-corrected chi connectivity index (χ1v) is 17.7. The van der Waals surface area contributed by atoms with Crippen molar-refractivity contribution in [3.8, 4) is 34.4 Å². The minimum Gasteiger partial charge on any atom is -0.489 e. The maximum absolute atomic E-state index is 13.5. The lowest BCUT2D eigenvalue weighted by Gasteiger charge is -2.31. The third-order valence-electron chi connectivity index (χ3n) is 9.98. The first-order valence-electron chi connectivity index (χ1n) is 17.7. The molecule has 0 spiro atoms. The fourth-order valence-electron chi connectivity index (χ4n) is 6.68. The largest absolute Gasteiger partial charge is 0.489 e. The number of aryl methyl sites for hydroxylation is 2. The van der Waals surface area contributed by atoms with Crippen LogP contribution in [0.2, 0.25) is 0 Å². The lowest BCUT2D eigenvalue weighted by atomic mass is 9.94. The Morgan fingerprint density at radius 3 is 2.26 bits per heavy atom. The van der Waals surface area contributed by atoms with Crippen LogP contribution in [0.25, 0.3) is 11.1 Å². The Balaban J connectivity index is 0.949. The van der Waals surface area contributed by atoms with E-state index in [1.54, 1.807) is 12.1 Å². The van der Waals surface area contributed by atoms with Crippen molar-refractivity contribution in [2.45, 2.75) is 58.0 Å². The summed E-state index contributed by atoms with van der Waals surface area (Å²) in [5.74, 6) is 1.30. The van der Waals surface area contributed by atoms with Gasteiger partial charge < -0.3 is 29.6 Å². The van der Waals surface area contributed by atoms with Gasteiger partial charge in [0.25, 0.3) is 0 Å². The second-order valence-electron chi connectivity index (χ2n) is 13.6. The summed E-state index contributed by atoms with van der Waals surface area (Å²) in [7, 11) is 1.32. The topological polar surface area (TPSA) is 119 Å². The zero-order valence-electron chi connectivity index (χ0n) is 30.0. The zero-order chi connectivity index (χ0) is 36.9. The number of nitrogens with zero attached hydrogens (tertiary/aromatic N) is 1. The minimum absolute atomic E-state index is 0.271. The van der Waals surface area contributed by atoms with Gasteiger partial charge in [-0.15, -0.1) is 0 Å². The van der Waals surface area contributed by atoms with E-state index >= 15 is 0 Å². The van der Waals surface area contributed by atoms with E-state index in [4.69, 9.17) is 24.2 Å². The number of esters is 1. The van der Waals surface area contributed by atoms with E-state index in [1.807, 2.05) is 72.8 Å². The number of ether oxygens (including phenoxy) is 4. The van der Waals surface area contributed by atoms with Gasteiger partial charge in [-0.05, 0) is 107 Å². The fourth-order valence-corrected chi connectivity index (χ4v) is 6.68. The van der Waals surface area contributed by atoms with Crippen LogP contribution in [0.3, 0.4) is 0 Å². The van der Waals surface area contributed by atoms with Gasteiger partial charge in [-0.1, -0.05) is 66.7 Å². The van der Waals surface area contributed by atoms with Gasteiger partial charge in [0.2, 0.25) is 5.91 Å². The van der Waals surface area contributed by atoms with Gasteiger partial charge in [0.05, 0.1) is 24.8 Å². The van der Waals surface area contributed by atoms with Crippen molar-refractivity contribution in [1.82, 2.24) is 10.6 Å². The first-order chi connectivity index (χ1) is 25.8. The maximum Gasteiger partial charge on any atom is 0.328 e. The number of nitriles is 1. The number of fused-ring (bicyclic) bond motifs is 2. The lowest BCUT2D eigenvalue weighted by molar-refractivity contribution is -0.145. The number of carbonyl (C=O) groups excluding carboxylic acids is 2. The zero-order valence-corrected chi connectivity index (χ0v) is 30.0. The van der Waals surface area contributed by atoms with Crippen LogP contribution >= 0.6 is 0 Å². The average molecular weight is 708 g/mol. The Morgan fingerprint density at radius 2 is 1.57 bits per heavy atom. The van der Waals surface area contributed by atoms with Crippen LogP contribution in [-0.4, -0.2) is 37.7 Å².